The molecule has 18 nitrogen and oxygen atoms in total. The summed E-state index contributed by atoms with van der Waals surface area (Å²) in [5.74, 6) is -3.49. The van der Waals surface area contributed by atoms with Gasteiger partial charge in [-0.15, -0.1) is 11.8 Å². The number of nitrogen functional groups attached to an aromatic ring is 1. The van der Waals surface area contributed by atoms with Gasteiger partial charge < -0.3 is 35.6 Å². The van der Waals surface area contributed by atoms with Gasteiger partial charge in [0.25, 0.3) is 17.7 Å². The first-order chi connectivity index (χ1) is 22.7. The Morgan fingerprint density at radius 3 is 2.66 bits per heavy atom. The zero-order valence-corrected chi connectivity index (χ0v) is 26.3. The first-order valence-corrected chi connectivity index (χ1v) is 15.5. The molecule has 0 bridgehead atoms. The van der Waals surface area contributed by atoms with E-state index in [4.69, 9.17) is 20.7 Å². The first-order valence-electron chi connectivity index (χ1n) is 13.6. The van der Waals surface area contributed by atoms with Crippen molar-refractivity contribution in [3.8, 4) is 17.3 Å². The van der Waals surface area contributed by atoms with Crippen molar-refractivity contribution in [1.82, 2.24) is 29.9 Å². The number of nitrogens with zero attached hydrogens (tertiary/aromatic N) is 7. The molecule has 3 aromatic heterocycles. The fraction of sp³-hybridized carbons (Fsp3) is 0.259. The summed E-state index contributed by atoms with van der Waals surface area (Å²) >= 11 is 2.15. The van der Waals surface area contributed by atoms with Crippen LogP contribution in [0.15, 0.2) is 58.4 Å². The number of hydrogen-bond donors (Lipinski definition) is 4. The summed E-state index contributed by atoms with van der Waals surface area (Å²) in [5.41, 5.74) is 7.20. The van der Waals surface area contributed by atoms with Gasteiger partial charge in [-0.05, 0) is 18.6 Å². The van der Waals surface area contributed by atoms with Crippen LogP contribution < -0.4 is 26.0 Å². The summed E-state index contributed by atoms with van der Waals surface area (Å²) in [6.45, 7) is 1.97. The number of carboxylic acid groups (broad SMARTS) is 1. The molecule has 2 aliphatic heterocycles. The van der Waals surface area contributed by atoms with Crippen molar-refractivity contribution in [1.29, 1.82) is 5.26 Å². The zero-order valence-electron chi connectivity index (χ0n) is 24.6. The molecule has 1 fully saturated rings. The number of thioether (sulfide) groups is 1. The average Bonchev–Trinajstić information content (AvgIpc) is 3.72. The number of carboxylic acids is 1. The summed E-state index contributed by atoms with van der Waals surface area (Å²) in [6, 6.07) is 4.17. The van der Waals surface area contributed by atoms with E-state index in [0.29, 0.717) is 16.8 Å². The highest BCUT2D eigenvalue weighted by molar-refractivity contribution is 8.00. The van der Waals surface area contributed by atoms with Crippen molar-refractivity contribution >= 4 is 63.5 Å². The molecule has 3 amide bonds. The molecule has 2 unspecified atom stereocenters. The lowest BCUT2D eigenvalue weighted by Crippen LogP contribution is -2.71. The third-order valence-electron chi connectivity index (χ3n) is 6.78. The van der Waals surface area contributed by atoms with Crippen molar-refractivity contribution in [2.24, 2.45) is 10.3 Å². The molecular weight excluding hydrogens is 655 g/mol. The minimum Gasteiger partial charge on any atom is -0.543 e. The Bertz CT molecular complexity index is 1860. The summed E-state index contributed by atoms with van der Waals surface area (Å²) in [7, 11) is 1.27. The second kappa shape index (κ2) is 14.1. The van der Waals surface area contributed by atoms with Crippen LogP contribution in [0.1, 0.15) is 18.4 Å². The fourth-order valence-electron chi connectivity index (χ4n) is 4.73. The molecule has 5 heterocycles. The number of nitriles is 1. The number of aromatic amines is 1. The lowest BCUT2D eigenvalue weighted by molar-refractivity contribution is -0.689. The number of H-pyrrole nitrogens is 1. The Morgan fingerprint density at radius 1 is 1.26 bits per heavy atom. The molecule has 5 rings (SSSR count). The van der Waals surface area contributed by atoms with Crippen molar-refractivity contribution in [2.45, 2.75) is 24.9 Å². The molecule has 2 atom stereocenters. The van der Waals surface area contributed by atoms with Gasteiger partial charge in [-0.3, -0.25) is 24.6 Å². The van der Waals surface area contributed by atoms with E-state index in [-0.39, 0.29) is 47.0 Å². The van der Waals surface area contributed by atoms with E-state index >= 15 is 0 Å². The highest BCUT2D eigenvalue weighted by Crippen LogP contribution is 2.40. The third-order valence-corrected chi connectivity index (χ3v) is 8.67. The van der Waals surface area contributed by atoms with E-state index in [1.165, 1.54) is 18.9 Å². The second-order valence-electron chi connectivity index (χ2n) is 9.66. The molecular formula is C27H25N11O7S2. The molecule has 20 heteroatoms. The lowest BCUT2D eigenvalue weighted by atomic mass is 10.0. The van der Waals surface area contributed by atoms with Crippen LogP contribution in [0.2, 0.25) is 0 Å². The number of hydrogen-bond acceptors (Lipinski definition) is 15. The van der Waals surface area contributed by atoms with Gasteiger partial charge in [0.2, 0.25) is 11.5 Å². The standard InChI is InChI=1S/C27H25N11O7S2/c1-3-45-35-18(21-33-27(29)47-36-21)23(40)32-19-24(41)38-20(26(42)43)15(11-46-25(19)38)10-37-6-4-13(5-7-37)14-8-16(30-9-14)17(34-44-2)22(39)31-12-28/h4-9,19,25H,3,10-11H2,1-2H3,(H5,29,31,32,33,36,39,40,42,43)/b34-17+,35-18?. The van der Waals surface area contributed by atoms with Crippen molar-refractivity contribution < 1.29 is 38.5 Å². The molecule has 0 aromatic carbocycles. The van der Waals surface area contributed by atoms with Crippen molar-refractivity contribution in [2.75, 3.05) is 25.2 Å². The van der Waals surface area contributed by atoms with Crippen molar-refractivity contribution in [3.05, 3.63) is 59.6 Å². The Labute approximate surface area is 274 Å². The van der Waals surface area contributed by atoms with Gasteiger partial charge >= 0.3 is 0 Å². The lowest BCUT2D eigenvalue weighted by Gasteiger charge is -2.50. The molecule has 1 saturated heterocycles. The van der Waals surface area contributed by atoms with Crippen LogP contribution in [0.5, 0.6) is 0 Å². The summed E-state index contributed by atoms with van der Waals surface area (Å²) in [4.78, 5) is 68.4. The second-order valence-corrected chi connectivity index (χ2v) is 11.6. The van der Waals surface area contributed by atoms with Gasteiger partial charge in [-0.25, -0.2) is 4.57 Å². The number of oxime groups is 2. The molecule has 242 valence electrons. The maximum atomic E-state index is 13.2. The Balaban J connectivity index is 1.29. The smallest absolute Gasteiger partial charge is 0.288 e. The number of pyridine rings is 1. The van der Waals surface area contributed by atoms with E-state index in [1.54, 1.807) is 54.5 Å². The molecule has 47 heavy (non-hydrogen) atoms. The van der Waals surface area contributed by atoms with Crippen molar-refractivity contribution in [3.63, 3.8) is 0 Å². The molecule has 0 aliphatic carbocycles. The number of rotatable bonds is 12. The predicted molar refractivity (Wildman–Crippen MR) is 163 cm³/mol. The van der Waals surface area contributed by atoms with Crippen LogP contribution in [-0.2, 0) is 35.4 Å². The number of fused-ring (bicyclic) bond motifs is 1. The fourth-order valence-corrected chi connectivity index (χ4v) is 6.50. The van der Waals surface area contributed by atoms with E-state index in [2.05, 4.69) is 30.0 Å². The van der Waals surface area contributed by atoms with Gasteiger partial charge in [0.15, 0.2) is 36.0 Å². The van der Waals surface area contributed by atoms with Crippen LogP contribution in [-0.4, -0.2) is 85.2 Å². The molecule has 0 radical (unpaired) electrons. The van der Waals surface area contributed by atoms with E-state index in [9.17, 15) is 24.3 Å². The van der Waals surface area contributed by atoms with Crippen LogP contribution >= 0.6 is 23.3 Å². The highest BCUT2D eigenvalue weighted by atomic mass is 32.2. The quantitative estimate of drug-likeness (QED) is 0.0413. The highest BCUT2D eigenvalue weighted by Gasteiger charge is 2.53. The van der Waals surface area contributed by atoms with E-state index in [0.717, 1.165) is 22.0 Å². The van der Waals surface area contributed by atoms with Crippen LogP contribution in [0.25, 0.3) is 11.1 Å². The summed E-state index contributed by atoms with van der Waals surface area (Å²) in [5, 5.41) is 32.5. The summed E-state index contributed by atoms with van der Waals surface area (Å²) < 4.78 is 5.72. The van der Waals surface area contributed by atoms with Gasteiger partial charge in [0.1, 0.15) is 25.1 Å². The number of nitrogens with one attached hydrogen (secondary N) is 3. The Morgan fingerprint density at radius 2 is 2.02 bits per heavy atom. The normalized spacial score (nSPS) is 17.7. The Kier molecular flexibility index (Phi) is 9.77. The molecule has 5 N–H and O–H groups in total. The van der Waals surface area contributed by atoms with Gasteiger partial charge in [0, 0.05) is 46.8 Å². The van der Waals surface area contributed by atoms with Gasteiger partial charge in [0.05, 0.1) is 17.4 Å². The van der Waals surface area contributed by atoms with Crippen LogP contribution in [0.3, 0.4) is 0 Å². The van der Waals surface area contributed by atoms with Crippen LogP contribution in [0.4, 0.5) is 5.13 Å². The van der Waals surface area contributed by atoms with Crippen LogP contribution in [0, 0.1) is 11.5 Å². The first kappa shape index (κ1) is 32.6. The number of carbonyl (C=O) groups is 4. The number of carbonyl (C=O) groups excluding carboxylic acids is 4. The topological polar surface area (TPSA) is 257 Å². The number of amides is 3. The number of β-lactam (4-membered cyclic amide) rings is 1. The number of aliphatic carboxylic acids is 1. The van der Waals surface area contributed by atoms with E-state index < -0.39 is 35.1 Å². The maximum absolute atomic E-state index is 13.2. The monoisotopic (exact) mass is 679 g/mol. The number of aromatic nitrogens is 4. The van der Waals surface area contributed by atoms with Gasteiger partial charge in [-0.1, -0.05) is 10.3 Å². The molecule has 0 spiro atoms. The van der Waals surface area contributed by atoms with Gasteiger partial charge in [-0.2, -0.15) is 14.6 Å². The minimum atomic E-state index is -1.52. The zero-order chi connectivity index (χ0) is 33.7. The molecule has 2 aliphatic rings. The predicted octanol–water partition coefficient (Wildman–Crippen LogP) is -1.80. The largest absolute Gasteiger partial charge is 0.543 e. The molecule has 0 saturated carbocycles. The average molecular weight is 680 g/mol. The van der Waals surface area contributed by atoms with E-state index in [1.807, 2.05) is 5.32 Å². The minimum absolute atomic E-state index is 0.0661. The number of nitrogens with two attached hydrogens (primary N) is 1. The maximum Gasteiger partial charge on any atom is 0.288 e. The SMILES string of the molecule is CCON=C(C(=O)NC1C(=O)N2C(C(=O)[O-])=C(C[n+]3ccc(-c4c[nH]c(/C(=N\OC)C(=O)NC#N)c4)cc3)CSC12)c1nsc(N)n1. The Hall–Kier alpha value is -5.81. The third kappa shape index (κ3) is 6.75. The molecule has 3 aromatic rings. The summed E-state index contributed by atoms with van der Waals surface area (Å²) in [6.07, 6.45) is 6.65. The number of anilines is 1.